The van der Waals surface area contributed by atoms with E-state index in [0.717, 1.165) is 10.0 Å². The lowest BCUT2D eigenvalue weighted by molar-refractivity contribution is -0.385. The van der Waals surface area contributed by atoms with Crippen LogP contribution in [0, 0.1) is 10.1 Å². The van der Waals surface area contributed by atoms with E-state index in [1.165, 1.54) is 30.6 Å². The first kappa shape index (κ1) is 14.9. The maximum absolute atomic E-state index is 10.7. The Morgan fingerprint density at radius 1 is 1.10 bits per heavy atom. The molecule has 21 heavy (non-hydrogen) atoms. The van der Waals surface area contributed by atoms with Crippen molar-refractivity contribution >= 4 is 34.0 Å². The summed E-state index contributed by atoms with van der Waals surface area (Å²) in [5.74, 6) is -0.426. The third kappa shape index (κ3) is 3.96. The Kier molecular flexibility index (Phi) is 4.78. The maximum atomic E-state index is 10.7. The van der Waals surface area contributed by atoms with Gasteiger partial charge in [-0.3, -0.25) is 10.1 Å². The lowest BCUT2D eigenvalue weighted by Crippen LogP contribution is -1.91. The first-order valence-corrected chi connectivity index (χ1v) is 6.65. The molecule has 0 saturated heterocycles. The minimum absolute atomic E-state index is 0.233. The molecule has 0 amide bonds. The van der Waals surface area contributed by atoms with Gasteiger partial charge in [-0.15, -0.1) is 0 Å². The van der Waals surface area contributed by atoms with Crippen molar-refractivity contribution in [3.05, 3.63) is 68.2 Å². The minimum atomic E-state index is -0.655. The highest BCUT2D eigenvalue weighted by Gasteiger charge is 2.14. The number of nitro benzene ring substituents is 1. The summed E-state index contributed by atoms with van der Waals surface area (Å²) in [7, 11) is 0. The minimum Gasteiger partial charge on any atom is -0.502 e. The van der Waals surface area contributed by atoms with Gasteiger partial charge >= 0.3 is 5.69 Å². The molecule has 0 fully saturated rings. The molecule has 0 aliphatic heterocycles. The number of nitro groups is 1. The van der Waals surface area contributed by atoms with Crippen molar-refractivity contribution < 1.29 is 10.0 Å². The third-order valence-corrected chi connectivity index (χ3v) is 3.11. The Hall–Kier alpha value is -2.54. The summed E-state index contributed by atoms with van der Waals surface area (Å²) in [6.45, 7) is 0. The molecule has 0 heterocycles. The zero-order chi connectivity index (χ0) is 15.2. The molecule has 106 valence electrons. The molecule has 0 unspecified atom stereocenters. The molecule has 6 nitrogen and oxygen atoms in total. The van der Waals surface area contributed by atoms with Crippen molar-refractivity contribution in [3.63, 3.8) is 0 Å². The maximum Gasteiger partial charge on any atom is 0.311 e. The summed E-state index contributed by atoms with van der Waals surface area (Å²) in [5, 5.41) is 28.0. The van der Waals surface area contributed by atoms with Crippen LogP contribution in [0.2, 0.25) is 0 Å². The summed E-state index contributed by atoms with van der Waals surface area (Å²) in [4.78, 5) is 10.0. The molecule has 0 saturated carbocycles. The largest absolute Gasteiger partial charge is 0.502 e. The Morgan fingerprint density at radius 3 is 2.43 bits per heavy atom. The fourth-order valence-electron chi connectivity index (χ4n) is 1.54. The van der Waals surface area contributed by atoms with E-state index in [0.29, 0.717) is 0 Å². The second-order valence-electron chi connectivity index (χ2n) is 4.01. The van der Waals surface area contributed by atoms with Gasteiger partial charge in [-0.05, 0) is 23.8 Å². The van der Waals surface area contributed by atoms with Gasteiger partial charge < -0.3 is 5.11 Å². The molecule has 0 aliphatic rings. The molecule has 2 aromatic rings. The molecule has 0 bridgehead atoms. The van der Waals surface area contributed by atoms with E-state index in [9.17, 15) is 15.2 Å². The smallest absolute Gasteiger partial charge is 0.311 e. The summed E-state index contributed by atoms with van der Waals surface area (Å²) in [6.07, 6.45) is 2.80. The summed E-state index contributed by atoms with van der Waals surface area (Å²) >= 11 is 3.33. The standard InChI is InChI=1S/C14H10BrN3O3/c15-12-6-4-10(5-7-12)8-16-17-9-11-2-1-3-13(14(11)19)18(20)21/h1-9,19H/b16-8-,17-9+. The number of phenols is 1. The number of rotatable bonds is 4. The second-order valence-corrected chi connectivity index (χ2v) is 4.93. The molecule has 1 N–H and O–H groups in total. The van der Waals surface area contributed by atoms with E-state index >= 15 is 0 Å². The number of para-hydroxylation sites is 1. The predicted octanol–water partition coefficient (Wildman–Crippen LogP) is 3.52. The van der Waals surface area contributed by atoms with Gasteiger partial charge in [0.2, 0.25) is 5.75 Å². The normalized spacial score (nSPS) is 11.3. The molecular formula is C14H10BrN3O3. The van der Waals surface area contributed by atoms with E-state index in [2.05, 4.69) is 26.1 Å². The van der Waals surface area contributed by atoms with Crippen LogP contribution in [0.3, 0.4) is 0 Å². The van der Waals surface area contributed by atoms with Crippen LogP contribution in [-0.2, 0) is 0 Å². The molecule has 0 radical (unpaired) electrons. The van der Waals surface area contributed by atoms with Crippen molar-refractivity contribution in [1.29, 1.82) is 0 Å². The fraction of sp³-hybridized carbons (Fsp3) is 0. The van der Waals surface area contributed by atoms with Gasteiger partial charge in [0.05, 0.1) is 17.4 Å². The number of hydrogen-bond donors (Lipinski definition) is 1. The van der Waals surface area contributed by atoms with Crippen LogP contribution < -0.4 is 0 Å². The van der Waals surface area contributed by atoms with Crippen molar-refractivity contribution in [2.75, 3.05) is 0 Å². The average Bonchev–Trinajstić information content (AvgIpc) is 2.46. The third-order valence-electron chi connectivity index (χ3n) is 2.58. The van der Waals surface area contributed by atoms with E-state index in [1.54, 1.807) is 0 Å². The zero-order valence-corrected chi connectivity index (χ0v) is 12.3. The summed E-state index contributed by atoms with van der Waals surface area (Å²) < 4.78 is 0.963. The Bertz CT molecular complexity index is 712. The molecule has 0 atom stereocenters. The Balaban J connectivity index is 2.13. The quantitative estimate of drug-likeness (QED) is 0.521. The van der Waals surface area contributed by atoms with Crippen LogP contribution in [0.5, 0.6) is 5.75 Å². The van der Waals surface area contributed by atoms with Gasteiger partial charge in [-0.25, -0.2) is 0 Å². The number of hydrogen-bond acceptors (Lipinski definition) is 5. The Labute approximate surface area is 128 Å². The first-order chi connectivity index (χ1) is 10.1. The van der Waals surface area contributed by atoms with Crippen LogP contribution >= 0.6 is 15.9 Å². The number of aromatic hydroxyl groups is 1. The van der Waals surface area contributed by atoms with Gasteiger partial charge in [0.25, 0.3) is 0 Å². The van der Waals surface area contributed by atoms with Crippen LogP contribution in [0.4, 0.5) is 5.69 Å². The monoisotopic (exact) mass is 347 g/mol. The summed E-state index contributed by atoms with van der Waals surface area (Å²) in [5.41, 5.74) is 0.728. The predicted molar refractivity (Wildman–Crippen MR) is 84.1 cm³/mol. The van der Waals surface area contributed by atoms with E-state index in [-0.39, 0.29) is 11.3 Å². The van der Waals surface area contributed by atoms with Gasteiger partial charge in [0.15, 0.2) is 0 Å². The van der Waals surface area contributed by atoms with Crippen molar-refractivity contribution in [3.8, 4) is 5.75 Å². The number of benzene rings is 2. The van der Waals surface area contributed by atoms with Crippen molar-refractivity contribution in [2.24, 2.45) is 10.2 Å². The van der Waals surface area contributed by atoms with Crippen molar-refractivity contribution in [1.82, 2.24) is 0 Å². The number of phenolic OH excluding ortho intramolecular Hbond substituents is 1. The van der Waals surface area contributed by atoms with Crippen LogP contribution in [0.25, 0.3) is 0 Å². The average molecular weight is 348 g/mol. The number of nitrogens with zero attached hydrogens (tertiary/aromatic N) is 3. The molecule has 2 aromatic carbocycles. The summed E-state index contributed by atoms with van der Waals surface area (Å²) in [6, 6.07) is 11.7. The van der Waals surface area contributed by atoms with Crippen LogP contribution in [0.1, 0.15) is 11.1 Å². The van der Waals surface area contributed by atoms with Crippen LogP contribution in [0.15, 0.2) is 57.1 Å². The lowest BCUT2D eigenvalue weighted by atomic mass is 10.2. The molecule has 0 aromatic heterocycles. The van der Waals surface area contributed by atoms with E-state index in [1.807, 2.05) is 24.3 Å². The van der Waals surface area contributed by atoms with Crippen LogP contribution in [-0.4, -0.2) is 22.5 Å². The fourth-order valence-corrected chi connectivity index (χ4v) is 1.81. The Morgan fingerprint density at radius 2 is 1.76 bits per heavy atom. The van der Waals surface area contributed by atoms with E-state index < -0.39 is 10.7 Å². The zero-order valence-electron chi connectivity index (χ0n) is 10.7. The first-order valence-electron chi connectivity index (χ1n) is 5.86. The van der Waals surface area contributed by atoms with Crippen molar-refractivity contribution in [2.45, 2.75) is 0 Å². The topological polar surface area (TPSA) is 88.1 Å². The lowest BCUT2D eigenvalue weighted by Gasteiger charge is -1.98. The molecule has 7 heteroatoms. The second kappa shape index (κ2) is 6.76. The highest BCUT2D eigenvalue weighted by Crippen LogP contribution is 2.27. The van der Waals surface area contributed by atoms with Gasteiger partial charge in [-0.1, -0.05) is 34.1 Å². The van der Waals surface area contributed by atoms with Gasteiger partial charge in [-0.2, -0.15) is 10.2 Å². The van der Waals surface area contributed by atoms with E-state index in [4.69, 9.17) is 0 Å². The highest BCUT2D eigenvalue weighted by molar-refractivity contribution is 9.10. The van der Waals surface area contributed by atoms with Gasteiger partial charge in [0, 0.05) is 16.1 Å². The highest BCUT2D eigenvalue weighted by atomic mass is 79.9. The molecular weight excluding hydrogens is 338 g/mol. The SMILES string of the molecule is O=[N+]([O-])c1cccc(/C=N/N=C\c2ccc(Br)cc2)c1O. The van der Waals surface area contributed by atoms with Gasteiger partial charge in [0.1, 0.15) is 0 Å². The molecule has 2 rings (SSSR count). The number of halogens is 1. The molecule has 0 aliphatic carbocycles. The molecule has 0 spiro atoms.